The fourth-order valence-electron chi connectivity index (χ4n) is 3.74. The van der Waals surface area contributed by atoms with Crippen molar-refractivity contribution in [1.82, 2.24) is 9.97 Å². The van der Waals surface area contributed by atoms with Crippen LogP contribution in [0.5, 0.6) is 0 Å². The zero-order valence-electron chi connectivity index (χ0n) is 17.6. The molecule has 0 aliphatic heterocycles. The second-order valence-electron chi connectivity index (χ2n) is 7.98. The van der Waals surface area contributed by atoms with E-state index >= 15 is 0 Å². The molecule has 5 nitrogen and oxygen atoms in total. The highest BCUT2D eigenvalue weighted by molar-refractivity contribution is 6.30. The van der Waals surface area contributed by atoms with Gasteiger partial charge in [-0.25, -0.2) is 9.97 Å². The van der Waals surface area contributed by atoms with Gasteiger partial charge in [0.15, 0.2) is 5.82 Å². The van der Waals surface area contributed by atoms with Crippen LogP contribution in [0, 0.1) is 0 Å². The van der Waals surface area contributed by atoms with E-state index in [1.807, 2.05) is 50.3 Å². The smallest absolute Gasteiger partial charge is 0.230 e. The number of amides is 1. The molecule has 3 aromatic rings. The first-order valence-electron chi connectivity index (χ1n) is 10.3. The van der Waals surface area contributed by atoms with Gasteiger partial charge in [-0.05, 0) is 61.6 Å². The molecule has 0 unspecified atom stereocenters. The summed E-state index contributed by atoms with van der Waals surface area (Å²) in [6.45, 7) is 4.00. The number of benzene rings is 2. The van der Waals surface area contributed by atoms with Gasteiger partial charge < -0.3 is 10.4 Å². The number of nitrogens with zero attached hydrogens (tertiary/aromatic N) is 2. The van der Waals surface area contributed by atoms with E-state index < -0.39 is 0 Å². The number of fused-ring (bicyclic) bond motifs is 3. The first-order valence-corrected chi connectivity index (χ1v) is 10.6. The fourth-order valence-corrected chi connectivity index (χ4v) is 3.87. The van der Waals surface area contributed by atoms with Crippen LogP contribution in [-0.4, -0.2) is 21.0 Å². The van der Waals surface area contributed by atoms with Gasteiger partial charge in [-0.1, -0.05) is 47.5 Å². The molecule has 31 heavy (non-hydrogen) atoms. The molecule has 4 rings (SSSR count). The summed E-state index contributed by atoms with van der Waals surface area (Å²) in [6.07, 6.45) is 3.73. The lowest BCUT2D eigenvalue weighted by atomic mass is 9.90. The van der Waals surface area contributed by atoms with Gasteiger partial charge in [0.25, 0.3) is 0 Å². The molecule has 0 saturated carbocycles. The van der Waals surface area contributed by atoms with E-state index in [2.05, 4.69) is 5.32 Å². The number of aryl methyl sites for hydroxylation is 2. The normalized spacial score (nSPS) is 12.0. The standard InChI is InChI=1S/C25H24ClN3O2/c1-15(2)11-22-25(29-23(31)13-16-3-7-19(26)8-4-16)28-21-10-6-18-12-17(14-30)5-9-20(18)24(21)27-22/h3-5,7-9,11-12,30H,6,10,13-14H2,1-2H3,(H,28,29,31). The van der Waals surface area contributed by atoms with Crippen molar-refractivity contribution in [3.63, 3.8) is 0 Å². The molecule has 0 atom stereocenters. The van der Waals surface area contributed by atoms with Crippen molar-refractivity contribution >= 4 is 29.4 Å². The molecule has 1 aromatic heterocycles. The predicted molar refractivity (Wildman–Crippen MR) is 124 cm³/mol. The van der Waals surface area contributed by atoms with Crippen LogP contribution in [0.25, 0.3) is 17.3 Å². The van der Waals surface area contributed by atoms with Crippen molar-refractivity contribution in [3.05, 3.63) is 81.1 Å². The Morgan fingerprint density at radius 2 is 1.84 bits per heavy atom. The molecule has 1 heterocycles. The molecule has 0 fully saturated rings. The third kappa shape index (κ3) is 4.84. The molecule has 1 aliphatic carbocycles. The highest BCUT2D eigenvalue weighted by Gasteiger charge is 2.22. The average molecular weight is 434 g/mol. The summed E-state index contributed by atoms with van der Waals surface area (Å²) in [7, 11) is 0. The minimum Gasteiger partial charge on any atom is -0.392 e. The van der Waals surface area contributed by atoms with Crippen molar-refractivity contribution in [2.75, 3.05) is 5.32 Å². The number of aliphatic hydroxyl groups excluding tert-OH is 1. The summed E-state index contributed by atoms with van der Waals surface area (Å²) < 4.78 is 0. The maximum absolute atomic E-state index is 12.7. The monoisotopic (exact) mass is 433 g/mol. The Morgan fingerprint density at radius 3 is 2.55 bits per heavy atom. The van der Waals surface area contributed by atoms with Crippen molar-refractivity contribution < 1.29 is 9.90 Å². The second kappa shape index (κ2) is 9.00. The Hall–Kier alpha value is -3.02. The lowest BCUT2D eigenvalue weighted by molar-refractivity contribution is -0.115. The van der Waals surface area contributed by atoms with Gasteiger partial charge in [-0.2, -0.15) is 0 Å². The van der Waals surface area contributed by atoms with E-state index in [-0.39, 0.29) is 18.9 Å². The largest absolute Gasteiger partial charge is 0.392 e. The Morgan fingerprint density at radius 1 is 1.10 bits per heavy atom. The van der Waals surface area contributed by atoms with Crippen LogP contribution in [0.15, 0.2) is 48.0 Å². The lowest BCUT2D eigenvalue weighted by Gasteiger charge is -2.21. The van der Waals surface area contributed by atoms with Crippen LogP contribution in [0.1, 0.15) is 41.9 Å². The topological polar surface area (TPSA) is 75.1 Å². The minimum atomic E-state index is -0.149. The lowest BCUT2D eigenvalue weighted by Crippen LogP contribution is -2.19. The molecule has 1 aliphatic rings. The van der Waals surface area contributed by atoms with E-state index in [1.54, 1.807) is 12.1 Å². The Balaban J connectivity index is 1.67. The Bertz CT molecular complexity index is 1170. The van der Waals surface area contributed by atoms with Crippen molar-refractivity contribution in [1.29, 1.82) is 0 Å². The van der Waals surface area contributed by atoms with Gasteiger partial charge in [0, 0.05) is 10.6 Å². The fraction of sp³-hybridized carbons (Fsp3) is 0.240. The predicted octanol–water partition coefficient (Wildman–Crippen LogP) is 4.99. The van der Waals surface area contributed by atoms with E-state index in [0.29, 0.717) is 16.5 Å². The summed E-state index contributed by atoms with van der Waals surface area (Å²) >= 11 is 5.93. The van der Waals surface area contributed by atoms with Crippen LogP contribution in [0.4, 0.5) is 5.82 Å². The number of halogens is 1. The number of aliphatic hydroxyl groups is 1. The van der Waals surface area contributed by atoms with Crippen LogP contribution in [0.2, 0.25) is 5.02 Å². The zero-order chi connectivity index (χ0) is 22.0. The number of nitrogens with one attached hydrogen (secondary N) is 1. The summed E-state index contributed by atoms with van der Waals surface area (Å²) in [5.74, 6) is 0.332. The molecule has 0 saturated heterocycles. The van der Waals surface area contributed by atoms with Crippen LogP contribution in [0.3, 0.4) is 0 Å². The Kier molecular flexibility index (Phi) is 6.16. The number of anilines is 1. The molecular weight excluding hydrogens is 410 g/mol. The Labute approximate surface area is 186 Å². The molecule has 6 heteroatoms. The third-order valence-electron chi connectivity index (χ3n) is 5.19. The van der Waals surface area contributed by atoms with Gasteiger partial charge >= 0.3 is 0 Å². The SMILES string of the molecule is CC(C)=Cc1nc2c(nc1NC(=O)Cc1ccc(Cl)cc1)CCc1cc(CO)ccc1-2. The minimum absolute atomic E-state index is 0.0213. The molecule has 2 N–H and O–H groups in total. The van der Waals surface area contributed by atoms with E-state index in [4.69, 9.17) is 21.6 Å². The van der Waals surface area contributed by atoms with Crippen LogP contribution < -0.4 is 5.32 Å². The molecule has 2 aromatic carbocycles. The van der Waals surface area contributed by atoms with Gasteiger partial charge in [-0.15, -0.1) is 0 Å². The second-order valence-corrected chi connectivity index (χ2v) is 8.41. The third-order valence-corrected chi connectivity index (χ3v) is 5.45. The molecular formula is C25H24ClN3O2. The average Bonchev–Trinajstić information content (AvgIpc) is 2.75. The number of carbonyl (C=O) groups is 1. The van der Waals surface area contributed by atoms with Crippen molar-refractivity contribution in [3.8, 4) is 11.3 Å². The molecule has 1 amide bonds. The van der Waals surface area contributed by atoms with Crippen molar-refractivity contribution in [2.24, 2.45) is 0 Å². The molecule has 0 spiro atoms. The highest BCUT2D eigenvalue weighted by Crippen LogP contribution is 2.34. The van der Waals surface area contributed by atoms with Crippen LogP contribution >= 0.6 is 11.6 Å². The highest BCUT2D eigenvalue weighted by atomic mass is 35.5. The van der Waals surface area contributed by atoms with E-state index in [0.717, 1.165) is 52.1 Å². The zero-order valence-corrected chi connectivity index (χ0v) is 18.3. The number of aromatic nitrogens is 2. The molecule has 158 valence electrons. The molecule has 0 bridgehead atoms. The summed E-state index contributed by atoms with van der Waals surface area (Å²) in [6, 6.07) is 13.2. The summed E-state index contributed by atoms with van der Waals surface area (Å²) in [5, 5.41) is 13.0. The summed E-state index contributed by atoms with van der Waals surface area (Å²) in [4.78, 5) is 22.4. The van der Waals surface area contributed by atoms with Crippen LogP contribution in [-0.2, 0) is 30.7 Å². The first-order chi connectivity index (χ1) is 14.9. The van der Waals surface area contributed by atoms with E-state index in [9.17, 15) is 9.90 Å². The number of allylic oxidation sites excluding steroid dienone is 1. The summed E-state index contributed by atoms with van der Waals surface area (Å²) in [5.41, 5.74) is 7.39. The van der Waals surface area contributed by atoms with Gasteiger partial charge in [0.05, 0.1) is 24.4 Å². The molecule has 0 radical (unpaired) electrons. The number of carbonyl (C=O) groups excluding carboxylic acids is 1. The quantitative estimate of drug-likeness (QED) is 0.594. The van der Waals surface area contributed by atoms with Gasteiger partial charge in [0.2, 0.25) is 5.91 Å². The van der Waals surface area contributed by atoms with E-state index in [1.165, 1.54) is 0 Å². The van der Waals surface area contributed by atoms with Gasteiger partial charge in [0.1, 0.15) is 5.69 Å². The maximum Gasteiger partial charge on any atom is 0.230 e. The number of hydrogen-bond acceptors (Lipinski definition) is 4. The first kappa shape index (κ1) is 21.2. The van der Waals surface area contributed by atoms with Crippen molar-refractivity contribution in [2.45, 2.75) is 39.7 Å². The number of rotatable bonds is 5. The maximum atomic E-state index is 12.7. The van der Waals surface area contributed by atoms with Gasteiger partial charge in [-0.3, -0.25) is 4.79 Å². The number of hydrogen-bond donors (Lipinski definition) is 2.